The van der Waals surface area contributed by atoms with E-state index in [4.69, 9.17) is 4.74 Å². The van der Waals surface area contributed by atoms with Gasteiger partial charge in [-0.25, -0.2) is 23.9 Å². The highest BCUT2D eigenvalue weighted by Gasteiger charge is 2.55. The number of anilines is 2. The van der Waals surface area contributed by atoms with Crippen molar-refractivity contribution in [1.29, 1.82) is 0 Å². The molecule has 2 aliphatic heterocycles. The van der Waals surface area contributed by atoms with Gasteiger partial charge >= 0.3 is 0 Å². The summed E-state index contributed by atoms with van der Waals surface area (Å²) in [4.78, 5) is 25.2. The van der Waals surface area contributed by atoms with Crippen LogP contribution in [0, 0.1) is 0 Å². The Balaban J connectivity index is 0.00000380. The van der Waals surface area contributed by atoms with Crippen molar-refractivity contribution >= 4 is 27.6 Å². The minimum absolute atomic E-state index is 0. The molecule has 0 bridgehead atoms. The molecule has 11 nitrogen and oxygen atoms in total. The van der Waals surface area contributed by atoms with Crippen molar-refractivity contribution in [3.05, 3.63) is 42.7 Å². The summed E-state index contributed by atoms with van der Waals surface area (Å²) in [5, 5.41) is 9.44. The van der Waals surface area contributed by atoms with Crippen LogP contribution in [0.2, 0.25) is 0 Å². The summed E-state index contributed by atoms with van der Waals surface area (Å²) in [7, 11) is -4.04. The number of carbonyl (C=O) groups is 1. The number of piperidine rings is 1. The van der Waals surface area contributed by atoms with E-state index in [2.05, 4.69) is 21.8 Å². The average Bonchev–Trinajstić information content (AvgIpc) is 2.93. The first-order valence-corrected chi connectivity index (χ1v) is 13.8. The summed E-state index contributed by atoms with van der Waals surface area (Å²) in [6.45, 7) is 4.86. The zero-order valence-electron chi connectivity index (χ0n) is 20.5. The molecule has 0 spiro atoms. The lowest BCUT2D eigenvalue weighted by molar-refractivity contribution is -0.132. The van der Waals surface area contributed by atoms with Gasteiger partial charge in [-0.3, -0.25) is 10.0 Å². The first-order chi connectivity index (χ1) is 17.4. The van der Waals surface area contributed by atoms with Crippen LogP contribution in [0.1, 0.15) is 40.0 Å². The van der Waals surface area contributed by atoms with Gasteiger partial charge in [-0.05, 0) is 49.6 Å². The third kappa shape index (κ3) is 5.97. The number of ether oxygens (including phenoxy) is 1. The molecule has 2 aliphatic rings. The summed E-state index contributed by atoms with van der Waals surface area (Å²) >= 11 is 0. The Morgan fingerprint density at radius 3 is 2.22 bits per heavy atom. The largest absolute Gasteiger partial charge is 0.494 e. The molecular formula is C25H38N6O5S. The average molecular weight is 535 g/mol. The molecule has 1 aromatic heterocycles. The summed E-state index contributed by atoms with van der Waals surface area (Å²) in [5.41, 5.74) is 2.61. The lowest BCUT2D eigenvalue weighted by Gasteiger charge is -2.44. The van der Waals surface area contributed by atoms with E-state index in [1.165, 1.54) is 4.31 Å². The van der Waals surface area contributed by atoms with Crippen molar-refractivity contribution in [2.75, 3.05) is 55.7 Å². The van der Waals surface area contributed by atoms with Crippen molar-refractivity contribution in [1.82, 2.24) is 19.8 Å². The van der Waals surface area contributed by atoms with Crippen LogP contribution in [0.4, 0.5) is 11.6 Å². The molecule has 2 aromatic rings. The molecule has 3 heterocycles. The van der Waals surface area contributed by atoms with Gasteiger partial charge in [-0.1, -0.05) is 20.8 Å². The summed E-state index contributed by atoms with van der Waals surface area (Å²) in [6, 6.07) is 9.52. The van der Waals surface area contributed by atoms with E-state index >= 15 is 0 Å². The fourth-order valence-electron chi connectivity index (χ4n) is 4.75. The van der Waals surface area contributed by atoms with E-state index in [0.717, 1.165) is 24.3 Å². The molecule has 0 atom stereocenters. The van der Waals surface area contributed by atoms with E-state index in [1.807, 2.05) is 29.2 Å². The van der Waals surface area contributed by atoms with E-state index < -0.39 is 20.7 Å². The number of rotatable bonds is 9. The van der Waals surface area contributed by atoms with Gasteiger partial charge in [0.25, 0.3) is 5.91 Å². The Kier molecular flexibility index (Phi) is 9.68. The molecule has 12 heteroatoms. The molecular weight excluding hydrogens is 496 g/mol. The van der Waals surface area contributed by atoms with Gasteiger partial charge in [0.1, 0.15) is 5.75 Å². The smallest absolute Gasteiger partial charge is 0.266 e. The predicted octanol–water partition coefficient (Wildman–Crippen LogP) is 2.29. The highest BCUT2D eigenvalue weighted by atomic mass is 32.2. The summed E-state index contributed by atoms with van der Waals surface area (Å²) < 4.78 is 32.9. The minimum Gasteiger partial charge on any atom is -0.494 e. The van der Waals surface area contributed by atoms with Gasteiger partial charge in [0.15, 0.2) is 4.75 Å². The number of unbranched alkanes of at least 4 members (excludes halogenated alkanes) is 1. The number of nitrogens with zero attached hydrogens (tertiary/aromatic N) is 5. The maximum absolute atomic E-state index is 13.8. The molecule has 2 saturated heterocycles. The molecule has 0 saturated carbocycles. The normalized spacial score (nSPS) is 18.1. The van der Waals surface area contributed by atoms with Crippen LogP contribution in [-0.2, 0) is 14.8 Å². The standard InChI is InChI=1S/C24H34N6O5S.CH4/c1-2-3-19-35-21-7-5-20(6-8-21)28-15-17-30(18-16-28)36(33,34)24(22(31)27-32)9-13-29(14-10-24)23-25-11-4-12-26-23;/h4-8,11-12,32H,2-3,9-10,13-19H2,1H3,(H,27,31);1H4. The fourth-order valence-corrected chi connectivity index (χ4v) is 6.86. The van der Waals surface area contributed by atoms with Crippen molar-refractivity contribution < 1.29 is 23.2 Å². The van der Waals surface area contributed by atoms with E-state index in [0.29, 0.717) is 25.6 Å². The molecule has 0 unspecified atom stereocenters. The molecule has 2 fully saturated rings. The Bertz CT molecular complexity index is 1100. The minimum atomic E-state index is -4.04. The van der Waals surface area contributed by atoms with E-state index in [1.54, 1.807) is 23.9 Å². The third-order valence-corrected chi connectivity index (χ3v) is 9.59. The first kappa shape index (κ1) is 28.6. The second-order valence-corrected chi connectivity index (χ2v) is 11.3. The van der Waals surface area contributed by atoms with Crippen LogP contribution >= 0.6 is 0 Å². The highest BCUT2D eigenvalue weighted by molar-refractivity contribution is 7.91. The molecule has 204 valence electrons. The van der Waals surface area contributed by atoms with E-state index in [9.17, 15) is 18.4 Å². The van der Waals surface area contributed by atoms with Crippen LogP contribution in [0.15, 0.2) is 42.7 Å². The number of hydrogen-bond donors (Lipinski definition) is 2. The van der Waals surface area contributed by atoms with Crippen LogP contribution in [-0.4, -0.2) is 84.4 Å². The zero-order valence-corrected chi connectivity index (χ0v) is 21.4. The molecule has 0 radical (unpaired) electrons. The Morgan fingerprint density at radius 1 is 1.03 bits per heavy atom. The van der Waals surface area contributed by atoms with Crippen molar-refractivity contribution in [3.63, 3.8) is 0 Å². The Labute approximate surface area is 219 Å². The number of benzene rings is 1. The zero-order chi connectivity index (χ0) is 25.6. The Hall–Kier alpha value is -2.96. The number of piperazine rings is 1. The van der Waals surface area contributed by atoms with Gasteiger partial charge in [0.05, 0.1) is 6.61 Å². The SMILES string of the molecule is C.CCCCOc1ccc(N2CCN(S(=O)(=O)C3(C(=O)NO)CCN(c4ncccn4)CC3)CC2)cc1. The Morgan fingerprint density at radius 2 is 1.65 bits per heavy atom. The van der Waals surface area contributed by atoms with Crippen molar-refractivity contribution in [2.45, 2.75) is 44.8 Å². The lowest BCUT2D eigenvalue weighted by atomic mass is 9.95. The van der Waals surface area contributed by atoms with Crippen LogP contribution < -0.4 is 20.0 Å². The van der Waals surface area contributed by atoms with Gasteiger partial charge in [0.2, 0.25) is 16.0 Å². The van der Waals surface area contributed by atoms with Gasteiger partial charge in [0, 0.05) is 57.3 Å². The maximum atomic E-state index is 13.8. The number of aromatic nitrogens is 2. The second-order valence-electron chi connectivity index (χ2n) is 9.06. The van der Waals surface area contributed by atoms with Crippen molar-refractivity contribution in [3.8, 4) is 5.75 Å². The van der Waals surface area contributed by atoms with Crippen LogP contribution in [0.3, 0.4) is 0 Å². The topological polar surface area (TPSA) is 128 Å². The predicted molar refractivity (Wildman–Crippen MR) is 142 cm³/mol. The summed E-state index contributed by atoms with van der Waals surface area (Å²) in [6.07, 6.45) is 5.37. The number of sulfonamides is 1. The van der Waals surface area contributed by atoms with Gasteiger partial charge < -0.3 is 14.5 Å². The summed E-state index contributed by atoms with van der Waals surface area (Å²) in [5.74, 6) is 0.415. The maximum Gasteiger partial charge on any atom is 0.266 e. The van der Waals surface area contributed by atoms with Crippen LogP contribution in [0.25, 0.3) is 0 Å². The number of nitrogens with one attached hydrogen (secondary N) is 1. The monoisotopic (exact) mass is 534 g/mol. The number of amides is 1. The first-order valence-electron chi connectivity index (χ1n) is 12.4. The molecule has 1 aromatic carbocycles. The van der Waals surface area contributed by atoms with Crippen molar-refractivity contribution in [2.24, 2.45) is 0 Å². The fraction of sp³-hybridized carbons (Fsp3) is 0.560. The van der Waals surface area contributed by atoms with Crippen LogP contribution in [0.5, 0.6) is 5.75 Å². The molecule has 1 amide bonds. The molecule has 37 heavy (non-hydrogen) atoms. The number of hydrogen-bond acceptors (Lipinski definition) is 9. The second kappa shape index (κ2) is 12.5. The molecule has 4 rings (SSSR count). The third-order valence-electron chi connectivity index (χ3n) is 6.96. The molecule has 0 aliphatic carbocycles. The highest BCUT2D eigenvalue weighted by Crippen LogP contribution is 2.35. The lowest BCUT2D eigenvalue weighted by Crippen LogP contribution is -2.63. The van der Waals surface area contributed by atoms with Gasteiger partial charge in [-0.2, -0.15) is 4.31 Å². The number of carbonyl (C=O) groups excluding carboxylic acids is 1. The quantitative estimate of drug-likeness (QED) is 0.283. The van der Waals surface area contributed by atoms with Gasteiger partial charge in [-0.15, -0.1) is 0 Å². The van der Waals surface area contributed by atoms with E-state index in [-0.39, 0.29) is 46.4 Å². The number of hydroxylamine groups is 1. The molecule has 2 N–H and O–H groups in total.